The molecule has 3 aromatic rings. The number of nitrogens with zero attached hydrogens (tertiary/aromatic N) is 5. The Hall–Kier alpha value is -3.03. The molecule has 1 fully saturated rings. The number of aryl methyl sites for hydroxylation is 2. The lowest BCUT2D eigenvalue weighted by atomic mass is 9.88. The zero-order valence-corrected chi connectivity index (χ0v) is 17.3. The molecule has 4 rings (SSSR count). The minimum absolute atomic E-state index is 0.272. The lowest BCUT2D eigenvalue weighted by Crippen LogP contribution is -2.41. The molecule has 0 N–H and O–H groups in total. The van der Waals surface area contributed by atoms with Crippen molar-refractivity contribution in [3.8, 4) is 0 Å². The Morgan fingerprint density at radius 3 is 2.60 bits per heavy atom. The van der Waals surface area contributed by atoms with Crippen LogP contribution in [0.15, 0.2) is 36.8 Å². The molecule has 158 valence electrons. The van der Waals surface area contributed by atoms with Crippen LogP contribution in [0.25, 0.3) is 11.0 Å². The Labute approximate surface area is 174 Å². The molecule has 1 aromatic carbocycles. The molecule has 0 atom stereocenters. The lowest BCUT2D eigenvalue weighted by Gasteiger charge is -2.32. The Bertz CT molecular complexity index is 1070. The number of hydrogen-bond acceptors (Lipinski definition) is 4. The van der Waals surface area contributed by atoms with Gasteiger partial charge in [-0.15, -0.1) is 0 Å². The van der Waals surface area contributed by atoms with E-state index in [-0.39, 0.29) is 5.92 Å². The molecule has 1 amide bonds. The van der Waals surface area contributed by atoms with Gasteiger partial charge in [-0.1, -0.05) is 12.1 Å². The van der Waals surface area contributed by atoms with Gasteiger partial charge in [-0.25, -0.2) is 9.97 Å². The fraction of sp³-hybridized carbons (Fsp3) is 0.409. The van der Waals surface area contributed by atoms with Gasteiger partial charge in [-0.2, -0.15) is 8.78 Å². The number of carbonyl (C=O) groups is 1. The third-order valence-electron chi connectivity index (χ3n) is 5.99. The molecule has 0 saturated carbocycles. The fourth-order valence-electron chi connectivity index (χ4n) is 4.21. The van der Waals surface area contributed by atoms with E-state index in [1.807, 2.05) is 24.7 Å². The summed E-state index contributed by atoms with van der Waals surface area (Å²) in [6.07, 6.45) is 2.03. The Morgan fingerprint density at radius 2 is 1.93 bits per heavy atom. The summed E-state index contributed by atoms with van der Waals surface area (Å²) in [4.78, 5) is 23.7. The van der Waals surface area contributed by atoms with E-state index in [4.69, 9.17) is 0 Å². The minimum Gasteiger partial charge on any atom is -0.338 e. The number of aromatic nitrogens is 3. The molecule has 0 bridgehead atoms. The highest BCUT2D eigenvalue weighted by Crippen LogP contribution is 2.33. The first-order valence-corrected chi connectivity index (χ1v) is 10.0. The van der Waals surface area contributed by atoms with Gasteiger partial charge in [0.2, 0.25) is 0 Å². The first-order chi connectivity index (χ1) is 14.3. The normalized spacial score (nSPS) is 15.2. The number of imidazole rings is 1. The number of pyridine rings is 1. The van der Waals surface area contributed by atoms with Crippen LogP contribution in [0.5, 0.6) is 0 Å². The maximum absolute atomic E-state index is 12.6. The van der Waals surface area contributed by atoms with Crippen molar-refractivity contribution < 1.29 is 13.6 Å². The maximum atomic E-state index is 12.6. The number of halogens is 2. The van der Waals surface area contributed by atoms with Crippen molar-refractivity contribution in [3.05, 3.63) is 47.9 Å². The summed E-state index contributed by atoms with van der Waals surface area (Å²) in [6.45, 7) is 2.82. The average Bonchev–Trinajstić information content (AvgIpc) is 3.13. The van der Waals surface area contributed by atoms with Crippen molar-refractivity contribution in [2.75, 3.05) is 25.0 Å². The number of fused-ring (bicyclic) bond motifs is 1. The third kappa shape index (κ3) is 3.74. The first kappa shape index (κ1) is 20.3. The monoisotopic (exact) mass is 413 g/mol. The molecule has 0 aliphatic carbocycles. The van der Waals surface area contributed by atoms with Crippen LogP contribution in [0.4, 0.5) is 20.3 Å². The molecule has 2 aromatic heterocycles. The van der Waals surface area contributed by atoms with Gasteiger partial charge in [-0.3, -0.25) is 4.79 Å². The summed E-state index contributed by atoms with van der Waals surface area (Å²) in [5, 5.41) is 0. The zero-order valence-electron chi connectivity index (χ0n) is 17.3. The maximum Gasteiger partial charge on any atom is 0.315 e. The molecule has 30 heavy (non-hydrogen) atoms. The van der Waals surface area contributed by atoms with E-state index in [9.17, 15) is 13.6 Å². The number of hydrogen-bond donors (Lipinski definition) is 0. The van der Waals surface area contributed by atoms with Crippen LogP contribution >= 0.6 is 0 Å². The minimum atomic E-state index is -2.92. The number of benzene rings is 1. The molecule has 0 spiro atoms. The predicted molar refractivity (Wildman–Crippen MR) is 112 cm³/mol. The van der Waals surface area contributed by atoms with E-state index in [1.165, 1.54) is 10.5 Å². The van der Waals surface area contributed by atoms with Crippen LogP contribution in [-0.2, 0) is 11.8 Å². The van der Waals surface area contributed by atoms with Crippen molar-refractivity contribution in [3.63, 3.8) is 0 Å². The van der Waals surface area contributed by atoms with E-state index in [2.05, 4.69) is 40.0 Å². The van der Waals surface area contributed by atoms with Crippen LogP contribution in [0.1, 0.15) is 29.9 Å². The molecule has 0 unspecified atom stereocenters. The quantitative estimate of drug-likeness (QED) is 0.648. The average molecular weight is 413 g/mol. The second-order valence-corrected chi connectivity index (χ2v) is 7.89. The van der Waals surface area contributed by atoms with Crippen molar-refractivity contribution in [1.82, 2.24) is 19.4 Å². The Balaban J connectivity index is 1.50. The number of alkyl halides is 2. The van der Waals surface area contributed by atoms with Gasteiger partial charge in [0.1, 0.15) is 11.3 Å². The number of likely N-dealkylation sites (tertiary alicyclic amines) is 1. The van der Waals surface area contributed by atoms with Gasteiger partial charge in [0, 0.05) is 38.9 Å². The van der Waals surface area contributed by atoms with Crippen molar-refractivity contribution >= 4 is 28.4 Å². The molecule has 6 nitrogen and oxygen atoms in total. The van der Waals surface area contributed by atoms with E-state index in [0.29, 0.717) is 25.9 Å². The molecule has 1 aliphatic heterocycles. The summed E-state index contributed by atoms with van der Waals surface area (Å²) >= 11 is 0. The highest BCUT2D eigenvalue weighted by atomic mass is 19.3. The molecule has 8 heteroatoms. The molecular formula is C22H25F2N5O. The first-order valence-electron chi connectivity index (χ1n) is 10.0. The van der Waals surface area contributed by atoms with Gasteiger partial charge in [0.15, 0.2) is 0 Å². The topological polar surface area (TPSA) is 54.3 Å². The van der Waals surface area contributed by atoms with E-state index < -0.39 is 12.3 Å². The highest BCUT2D eigenvalue weighted by Gasteiger charge is 2.28. The Kier molecular flexibility index (Phi) is 5.40. The van der Waals surface area contributed by atoms with Crippen LogP contribution in [0, 0.1) is 6.92 Å². The standard InChI is InChI=1S/C22H25F2N5O/c1-14-10-16(15-6-8-29(9-7-15)22(30)21(23)24)4-5-18(14)28(3)20-11-19-17(12-25-20)26-13-27(19)2/h4-5,10-13,15,21H,6-9H2,1-3H3. The van der Waals surface area contributed by atoms with Crippen LogP contribution in [0.2, 0.25) is 0 Å². The summed E-state index contributed by atoms with van der Waals surface area (Å²) in [5.41, 5.74) is 5.24. The van der Waals surface area contributed by atoms with E-state index >= 15 is 0 Å². The fourth-order valence-corrected chi connectivity index (χ4v) is 4.21. The summed E-state index contributed by atoms with van der Waals surface area (Å²) < 4.78 is 27.2. The molecule has 3 heterocycles. The second kappa shape index (κ2) is 8.01. The molecular weight excluding hydrogens is 388 g/mol. The number of piperidine rings is 1. The SMILES string of the molecule is Cc1cc(C2CCN(C(=O)C(F)F)CC2)ccc1N(C)c1cc2c(cn1)ncn2C. The lowest BCUT2D eigenvalue weighted by molar-refractivity contribution is -0.143. The molecule has 1 aliphatic rings. The van der Waals surface area contributed by atoms with Crippen molar-refractivity contribution in [2.24, 2.45) is 7.05 Å². The largest absolute Gasteiger partial charge is 0.338 e. The molecule has 1 saturated heterocycles. The van der Waals surface area contributed by atoms with Gasteiger partial charge in [0.05, 0.1) is 18.0 Å². The summed E-state index contributed by atoms with van der Waals surface area (Å²) in [6, 6.07) is 8.35. The summed E-state index contributed by atoms with van der Waals surface area (Å²) in [7, 11) is 3.94. The van der Waals surface area contributed by atoms with Crippen LogP contribution < -0.4 is 4.90 Å². The predicted octanol–water partition coefficient (Wildman–Crippen LogP) is 4.02. The highest BCUT2D eigenvalue weighted by molar-refractivity contribution is 5.80. The van der Waals surface area contributed by atoms with Gasteiger partial charge < -0.3 is 14.4 Å². The van der Waals surface area contributed by atoms with Gasteiger partial charge >= 0.3 is 6.43 Å². The Morgan fingerprint density at radius 1 is 1.20 bits per heavy atom. The molecule has 0 radical (unpaired) electrons. The number of carbonyl (C=O) groups excluding carboxylic acids is 1. The van der Waals surface area contributed by atoms with E-state index in [0.717, 1.165) is 28.1 Å². The van der Waals surface area contributed by atoms with Gasteiger partial charge in [-0.05, 0) is 42.9 Å². The third-order valence-corrected chi connectivity index (χ3v) is 5.99. The second-order valence-electron chi connectivity index (χ2n) is 7.89. The number of amides is 1. The van der Waals surface area contributed by atoms with Crippen LogP contribution in [-0.4, -0.2) is 51.9 Å². The van der Waals surface area contributed by atoms with Gasteiger partial charge in [0.25, 0.3) is 5.91 Å². The number of anilines is 2. The van der Waals surface area contributed by atoms with E-state index in [1.54, 1.807) is 12.5 Å². The zero-order chi connectivity index (χ0) is 21.4. The summed E-state index contributed by atoms with van der Waals surface area (Å²) in [5.74, 6) is 0.0500. The number of rotatable bonds is 4. The smallest absolute Gasteiger partial charge is 0.315 e. The van der Waals surface area contributed by atoms with Crippen LogP contribution in [0.3, 0.4) is 0 Å². The van der Waals surface area contributed by atoms with Crippen molar-refractivity contribution in [2.45, 2.75) is 32.1 Å². The van der Waals surface area contributed by atoms with Crippen molar-refractivity contribution in [1.29, 1.82) is 0 Å².